The highest BCUT2D eigenvalue weighted by molar-refractivity contribution is 5.77. The molecule has 1 amide bonds. The number of hydrogen-bond donors (Lipinski definition) is 1. The van der Waals surface area contributed by atoms with Gasteiger partial charge in [0, 0.05) is 6.54 Å². The number of allylic oxidation sites excluding steroid dienone is 1. The topological polar surface area (TPSA) is 47.6 Å². The number of nitrogens with one attached hydrogen (secondary N) is 1. The maximum atomic E-state index is 12.8. The van der Waals surface area contributed by atoms with Gasteiger partial charge in [0.1, 0.15) is 5.82 Å². The Morgan fingerprint density at radius 2 is 1.92 bits per heavy atom. The van der Waals surface area contributed by atoms with Crippen LogP contribution < -0.4 is 14.8 Å². The molecule has 0 fully saturated rings. The SMILES string of the molecule is C/C=C/c1ccc(OCC(=O)NCc2ccc(F)cc2)c(OC)c1. The molecule has 0 aliphatic heterocycles. The molecule has 0 radical (unpaired) electrons. The fourth-order valence-electron chi connectivity index (χ4n) is 2.10. The zero-order chi connectivity index (χ0) is 17.4. The van der Waals surface area contributed by atoms with E-state index in [0.717, 1.165) is 11.1 Å². The van der Waals surface area contributed by atoms with Crippen molar-refractivity contribution in [3.05, 3.63) is 65.5 Å². The van der Waals surface area contributed by atoms with Gasteiger partial charge >= 0.3 is 0 Å². The van der Waals surface area contributed by atoms with Crippen molar-refractivity contribution in [2.45, 2.75) is 13.5 Å². The summed E-state index contributed by atoms with van der Waals surface area (Å²) in [5.41, 5.74) is 1.81. The molecule has 0 heterocycles. The Morgan fingerprint density at radius 1 is 1.17 bits per heavy atom. The van der Waals surface area contributed by atoms with Gasteiger partial charge < -0.3 is 14.8 Å². The summed E-state index contributed by atoms with van der Waals surface area (Å²) >= 11 is 0. The molecular formula is C19H20FNO3. The van der Waals surface area contributed by atoms with E-state index in [0.29, 0.717) is 18.0 Å². The van der Waals surface area contributed by atoms with E-state index in [2.05, 4.69) is 5.32 Å². The third-order valence-corrected chi connectivity index (χ3v) is 3.31. The van der Waals surface area contributed by atoms with Crippen molar-refractivity contribution >= 4 is 12.0 Å². The fourth-order valence-corrected chi connectivity index (χ4v) is 2.10. The molecule has 0 spiro atoms. The minimum Gasteiger partial charge on any atom is -0.493 e. The van der Waals surface area contributed by atoms with Gasteiger partial charge in [-0.05, 0) is 42.3 Å². The lowest BCUT2D eigenvalue weighted by Gasteiger charge is -2.11. The molecule has 2 aromatic carbocycles. The molecule has 126 valence electrons. The maximum absolute atomic E-state index is 12.8. The van der Waals surface area contributed by atoms with Gasteiger partial charge in [-0.25, -0.2) is 4.39 Å². The Bertz CT molecular complexity index is 711. The zero-order valence-corrected chi connectivity index (χ0v) is 13.7. The summed E-state index contributed by atoms with van der Waals surface area (Å²) in [5, 5.41) is 2.72. The van der Waals surface area contributed by atoms with Crippen molar-refractivity contribution in [2.24, 2.45) is 0 Å². The highest BCUT2D eigenvalue weighted by Crippen LogP contribution is 2.28. The van der Waals surface area contributed by atoms with E-state index in [1.807, 2.05) is 31.2 Å². The van der Waals surface area contributed by atoms with E-state index in [-0.39, 0.29) is 18.3 Å². The van der Waals surface area contributed by atoms with Crippen molar-refractivity contribution < 1.29 is 18.7 Å². The van der Waals surface area contributed by atoms with Crippen LogP contribution in [0.15, 0.2) is 48.5 Å². The second kappa shape index (κ2) is 8.72. The molecule has 0 aromatic heterocycles. The van der Waals surface area contributed by atoms with Crippen LogP contribution in [0.5, 0.6) is 11.5 Å². The Morgan fingerprint density at radius 3 is 2.58 bits per heavy atom. The molecule has 2 aromatic rings. The van der Waals surface area contributed by atoms with E-state index >= 15 is 0 Å². The first-order valence-electron chi connectivity index (χ1n) is 7.57. The molecule has 24 heavy (non-hydrogen) atoms. The lowest BCUT2D eigenvalue weighted by molar-refractivity contribution is -0.123. The number of hydrogen-bond acceptors (Lipinski definition) is 3. The Hall–Kier alpha value is -2.82. The lowest BCUT2D eigenvalue weighted by atomic mass is 10.2. The summed E-state index contributed by atoms with van der Waals surface area (Å²) in [7, 11) is 1.55. The fraction of sp³-hybridized carbons (Fsp3) is 0.211. The van der Waals surface area contributed by atoms with Crippen LogP contribution in [0, 0.1) is 5.82 Å². The van der Waals surface area contributed by atoms with Crippen LogP contribution in [0.2, 0.25) is 0 Å². The van der Waals surface area contributed by atoms with Crippen molar-refractivity contribution in [3.63, 3.8) is 0 Å². The van der Waals surface area contributed by atoms with Crippen LogP contribution in [-0.2, 0) is 11.3 Å². The van der Waals surface area contributed by atoms with Crippen LogP contribution in [-0.4, -0.2) is 19.6 Å². The van der Waals surface area contributed by atoms with E-state index in [1.54, 1.807) is 25.3 Å². The number of ether oxygens (including phenoxy) is 2. The van der Waals surface area contributed by atoms with Gasteiger partial charge in [-0.15, -0.1) is 0 Å². The molecule has 1 N–H and O–H groups in total. The number of carbonyl (C=O) groups is 1. The molecular weight excluding hydrogens is 309 g/mol. The standard InChI is InChI=1S/C19H20FNO3/c1-3-4-14-7-10-17(18(11-14)23-2)24-13-19(22)21-12-15-5-8-16(20)9-6-15/h3-11H,12-13H2,1-2H3,(H,21,22)/b4-3+. The summed E-state index contributed by atoms with van der Waals surface area (Å²) in [6, 6.07) is 11.4. The number of carbonyl (C=O) groups excluding carboxylic acids is 1. The van der Waals surface area contributed by atoms with Crippen LogP contribution in [0.4, 0.5) is 4.39 Å². The van der Waals surface area contributed by atoms with Crippen LogP contribution in [0.3, 0.4) is 0 Å². The molecule has 0 aliphatic rings. The highest BCUT2D eigenvalue weighted by Gasteiger charge is 2.08. The number of methoxy groups -OCH3 is 1. The van der Waals surface area contributed by atoms with Crippen LogP contribution in [0.25, 0.3) is 6.08 Å². The van der Waals surface area contributed by atoms with E-state index in [4.69, 9.17) is 9.47 Å². The Balaban J connectivity index is 1.88. The number of rotatable bonds is 7. The summed E-state index contributed by atoms with van der Waals surface area (Å²) < 4.78 is 23.6. The Labute approximate surface area is 140 Å². The zero-order valence-electron chi connectivity index (χ0n) is 13.7. The van der Waals surface area contributed by atoms with Gasteiger partial charge in [-0.2, -0.15) is 0 Å². The summed E-state index contributed by atoms with van der Waals surface area (Å²) in [5.74, 6) is 0.500. The van der Waals surface area contributed by atoms with E-state index in [9.17, 15) is 9.18 Å². The van der Waals surface area contributed by atoms with Gasteiger partial charge in [0.2, 0.25) is 0 Å². The molecule has 0 saturated heterocycles. The van der Waals surface area contributed by atoms with Crippen LogP contribution in [0.1, 0.15) is 18.1 Å². The minimum absolute atomic E-state index is 0.124. The van der Waals surface area contributed by atoms with E-state index in [1.165, 1.54) is 12.1 Å². The summed E-state index contributed by atoms with van der Waals surface area (Å²) in [6.07, 6.45) is 3.87. The van der Waals surface area contributed by atoms with Crippen LogP contribution >= 0.6 is 0 Å². The molecule has 0 aliphatic carbocycles. The molecule has 0 bridgehead atoms. The summed E-state index contributed by atoms with van der Waals surface area (Å²) in [6.45, 7) is 2.13. The third kappa shape index (κ3) is 5.12. The molecule has 4 nitrogen and oxygen atoms in total. The normalized spacial score (nSPS) is 10.6. The van der Waals surface area contributed by atoms with E-state index < -0.39 is 0 Å². The second-order valence-corrected chi connectivity index (χ2v) is 5.10. The van der Waals surface area contributed by atoms with Crippen molar-refractivity contribution in [1.82, 2.24) is 5.32 Å². The predicted molar refractivity (Wildman–Crippen MR) is 91.4 cm³/mol. The second-order valence-electron chi connectivity index (χ2n) is 5.10. The molecule has 2 rings (SSSR count). The number of benzene rings is 2. The lowest BCUT2D eigenvalue weighted by Crippen LogP contribution is -2.28. The predicted octanol–water partition coefficient (Wildman–Crippen LogP) is 3.56. The highest BCUT2D eigenvalue weighted by atomic mass is 19.1. The average Bonchev–Trinajstić information content (AvgIpc) is 2.60. The van der Waals surface area contributed by atoms with Gasteiger partial charge in [0.25, 0.3) is 5.91 Å². The summed E-state index contributed by atoms with van der Waals surface area (Å²) in [4.78, 5) is 11.9. The van der Waals surface area contributed by atoms with Gasteiger partial charge in [-0.3, -0.25) is 4.79 Å². The maximum Gasteiger partial charge on any atom is 0.258 e. The first-order valence-corrected chi connectivity index (χ1v) is 7.57. The third-order valence-electron chi connectivity index (χ3n) is 3.31. The molecule has 0 atom stereocenters. The van der Waals surface area contributed by atoms with Gasteiger partial charge in [0.05, 0.1) is 7.11 Å². The quantitative estimate of drug-likeness (QED) is 0.845. The van der Waals surface area contributed by atoms with Crippen molar-refractivity contribution in [2.75, 3.05) is 13.7 Å². The molecule has 0 unspecified atom stereocenters. The number of halogens is 1. The van der Waals surface area contributed by atoms with Crippen molar-refractivity contribution in [3.8, 4) is 11.5 Å². The molecule has 0 saturated carbocycles. The number of amides is 1. The average molecular weight is 329 g/mol. The van der Waals surface area contributed by atoms with Gasteiger partial charge in [0.15, 0.2) is 18.1 Å². The smallest absolute Gasteiger partial charge is 0.258 e. The molecule has 5 heteroatoms. The Kier molecular flexibility index (Phi) is 6.37. The monoisotopic (exact) mass is 329 g/mol. The first kappa shape index (κ1) is 17.5. The largest absolute Gasteiger partial charge is 0.493 e. The minimum atomic E-state index is -0.304. The first-order chi connectivity index (χ1) is 11.6. The van der Waals surface area contributed by atoms with Gasteiger partial charge in [-0.1, -0.05) is 30.4 Å². The van der Waals surface area contributed by atoms with Crippen molar-refractivity contribution in [1.29, 1.82) is 0 Å².